The first-order chi connectivity index (χ1) is 12.1. The molecule has 4 rings (SSSR count). The number of rotatable bonds is 3. The number of guanidine groups is 1. The van der Waals surface area contributed by atoms with Crippen LogP contribution in [0.2, 0.25) is 0 Å². The third-order valence-electron chi connectivity index (χ3n) is 5.44. The molecule has 5 heteroatoms. The summed E-state index contributed by atoms with van der Waals surface area (Å²) in [7, 11) is 0. The number of halogens is 1. The van der Waals surface area contributed by atoms with E-state index in [1.54, 1.807) is 0 Å². The Morgan fingerprint density at radius 1 is 1.12 bits per heavy atom. The first-order valence-electron chi connectivity index (χ1n) is 9.01. The van der Waals surface area contributed by atoms with E-state index in [0.717, 1.165) is 30.6 Å². The standard InChI is InChI=1S/C21H25N3O.HI/c1-21(15-7-3-2-4-8-15)13-16(14-21)23-20(22)24-18-11-12-25-19-10-6-5-9-17(18)19;/h2-10,16,18H,11-14H2,1H3,(H3,22,23,24);1H. The maximum Gasteiger partial charge on any atom is 0.189 e. The largest absolute Gasteiger partial charge is 0.493 e. The van der Waals surface area contributed by atoms with E-state index >= 15 is 0 Å². The molecule has 3 N–H and O–H groups in total. The second-order valence-corrected chi connectivity index (χ2v) is 7.38. The summed E-state index contributed by atoms with van der Waals surface area (Å²) in [5, 5.41) is 3.41. The maximum absolute atomic E-state index is 6.20. The number of benzene rings is 2. The smallest absolute Gasteiger partial charge is 0.189 e. The lowest BCUT2D eigenvalue weighted by atomic mass is 9.63. The van der Waals surface area contributed by atoms with E-state index in [4.69, 9.17) is 15.5 Å². The highest BCUT2D eigenvalue weighted by atomic mass is 127. The van der Waals surface area contributed by atoms with Gasteiger partial charge in [0.2, 0.25) is 0 Å². The molecule has 2 aromatic carbocycles. The zero-order chi connectivity index (χ0) is 17.3. The summed E-state index contributed by atoms with van der Waals surface area (Å²) in [4.78, 5) is 4.72. The Kier molecular flexibility index (Phi) is 5.75. The van der Waals surface area contributed by atoms with Gasteiger partial charge in [-0.25, -0.2) is 4.99 Å². The molecule has 2 aliphatic rings. The number of nitrogens with one attached hydrogen (secondary N) is 1. The number of nitrogens with zero attached hydrogens (tertiary/aromatic N) is 1. The molecule has 0 radical (unpaired) electrons. The third-order valence-corrected chi connectivity index (χ3v) is 5.44. The van der Waals surface area contributed by atoms with Gasteiger partial charge in [0.25, 0.3) is 0 Å². The summed E-state index contributed by atoms with van der Waals surface area (Å²) in [5.74, 6) is 1.47. The van der Waals surface area contributed by atoms with Crippen LogP contribution in [0.1, 0.15) is 43.4 Å². The van der Waals surface area contributed by atoms with Gasteiger partial charge >= 0.3 is 0 Å². The molecule has 0 aromatic heterocycles. The van der Waals surface area contributed by atoms with Crippen LogP contribution in [0, 0.1) is 0 Å². The van der Waals surface area contributed by atoms with Crippen LogP contribution in [0.15, 0.2) is 59.6 Å². The Labute approximate surface area is 172 Å². The first-order valence-corrected chi connectivity index (χ1v) is 9.01. The van der Waals surface area contributed by atoms with Gasteiger partial charge in [-0.3, -0.25) is 0 Å². The van der Waals surface area contributed by atoms with Crippen LogP contribution in [0.4, 0.5) is 0 Å². The molecule has 1 aliphatic carbocycles. The fourth-order valence-corrected chi connectivity index (χ4v) is 4.08. The molecule has 0 saturated heterocycles. The third kappa shape index (κ3) is 3.82. The predicted molar refractivity (Wildman–Crippen MR) is 116 cm³/mol. The average Bonchev–Trinajstić information content (AvgIpc) is 2.61. The van der Waals surface area contributed by atoms with Gasteiger partial charge in [-0.1, -0.05) is 55.5 Å². The minimum Gasteiger partial charge on any atom is -0.493 e. The van der Waals surface area contributed by atoms with Gasteiger partial charge < -0.3 is 15.8 Å². The van der Waals surface area contributed by atoms with Crippen molar-refractivity contribution >= 4 is 29.9 Å². The molecule has 1 unspecified atom stereocenters. The summed E-state index contributed by atoms with van der Waals surface area (Å²) >= 11 is 0. The Hall–Kier alpha value is -1.76. The molecule has 1 fully saturated rings. The van der Waals surface area contributed by atoms with E-state index in [2.05, 4.69) is 48.6 Å². The van der Waals surface area contributed by atoms with Crippen molar-refractivity contribution in [2.75, 3.05) is 6.61 Å². The van der Waals surface area contributed by atoms with E-state index < -0.39 is 0 Å². The number of fused-ring (bicyclic) bond motifs is 1. The van der Waals surface area contributed by atoms with Crippen LogP contribution < -0.4 is 15.8 Å². The molecule has 1 aliphatic heterocycles. The molecule has 1 saturated carbocycles. The van der Waals surface area contributed by atoms with Crippen LogP contribution in [0.25, 0.3) is 0 Å². The zero-order valence-corrected chi connectivity index (χ0v) is 17.4. The van der Waals surface area contributed by atoms with Gasteiger partial charge in [0.1, 0.15) is 5.75 Å². The summed E-state index contributed by atoms with van der Waals surface area (Å²) in [6, 6.07) is 19.3. The second kappa shape index (κ2) is 7.86. The van der Waals surface area contributed by atoms with Gasteiger partial charge in [-0.2, -0.15) is 0 Å². The van der Waals surface area contributed by atoms with Gasteiger partial charge in [0.05, 0.1) is 12.6 Å². The van der Waals surface area contributed by atoms with E-state index in [1.165, 1.54) is 5.56 Å². The first kappa shape index (κ1) is 19.0. The zero-order valence-electron chi connectivity index (χ0n) is 15.0. The van der Waals surface area contributed by atoms with E-state index in [0.29, 0.717) is 18.6 Å². The predicted octanol–water partition coefficient (Wildman–Crippen LogP) is 4.15. The van der Waals surface area contributed by atoms with Crippen molar-refractivity contribution in [3.8, 4) is 5.75 Å². The Morgan fingerprint density at radius 3 is 2.58 bits per heavy atom. The SMILES string of the molecule is CC1(c2ccccc2)CC(NC(N)=NC2CCOc3ccccc32)C1.I. The van der Waals surface area contributed by atoms with Crippen LogP contribution in [0.5, 0.6) is 5.75 Å². The average molecular weight is 463 g/mol. The summed E-state index contributed by atoms with van der Waals surface area (Å²) < 4.78 is 5.69. The molecule has 26 heavy (non-hydrogen) atoms. The van der Waals surface area contributed by atoms with Crippen molar-refractivity contribution < 1.29 is 4.74 Å². The highest BCUT2D eigenvalue weighted by molar-refractivity contribution is 14.0. The topological polar surface area (TPSA) is 59.6 Å². The summed E-state index contributed by atoms with van der Waals surface area (Å²) in [5.41, 5.74) is 8.97. The number of hydrogen-bond donors (Lipinski definition) is 2. The lowest BCUT2D eigenvalue weighted by Crippen LogP contribution is -2.53. The Morgan fingerprint density at radius 2 is 1.81 bits per heavy atom. The molecule has 1 atom stereocenters. The number of hydrogen-bond acceptors (Lipinski definition) is 2. The molecule has 2 aromatic rings. The molecule has 0 bridgehead atoms. The lowest BCUT2D eigenvalue weighted by molar-refractivity contribution is 0.209. The van der Waals surface area contributed by atoms with Crippen molar-refractivity contribution in [3.63, 3.8) is 0 Å². The number of nitrogens with two attached hydrogens (primary N) is 1. The van der Waals surface area contributed by atoms with Crippen molar-refractivity contribution in [3.05, 3.63) is 65.7 Å². The fourth-order valence-electron chi connectivity index (χ4n) is 4.08. The van der Waals surface area contributed by atoms with E-state index in [-0.39, 0.29) is 35.4 Å². The van der Waals surface area contributed by atoms with Crippen molar-refractivity contribution in [2.45, 2.75) is 43.7 Å². The number of para-hydroxylation sites is 1. The minimum absolute atomic E-state index is 0. The molecule has 0 spiro atoms. The van der Waals surface area contributed by atoms with Gasteiger partial charge in [-0.05, 0) is 29.9 Å². The lowest BCUT2D eigenvalue weighted by Gasteiger charge is -2.46. The van der Waals surface area contributed by atoms with E-state index in [1.807, 2.05) is 18.2 Å². The van der Waals surface area contributed by atoms with Crippen molar-refractivity contribution in [1.82, 2.24) is 5.32 Å². The summed E-state index contributed by atoms with van der Waals surface area (Å²) in [6.07, 6.45) is 3.03. The number of aliphatic imine (C=N–C) groups is 1. The second-order valence-electron chi connectivity index (χ2n) is 7.38. The van der Waals surface area contributed by atoms with Crippen LogP contribution >= 0.6 is 24.0 Å². The quantitative estimate of drug-likeness (QED) is 0.409. The van der Waals surface area contributed by atoms with Gasteiger partial charge in [0, 0.05) is 18.0 Å². The van der Waals surface area contributed by atoms with Crippen LogP contribution in [0.3, 0.4) is 0 Å². The van der Waals surface area contributed by atoms with Crippen molar-refractivity contribution in [1.29, 1.82) is 0 Å². The maximum atomic E-state index is 6.20. The summed E-state index contributed by atoms with van der Waals surface area (Å²) in [6.45, 7) is 3.01. The van der Waals surface area contributed by atoms with Crippen LogP contribution in [-0.4, -0.2) is 18.6 Å². The normalized spacial score (nSPS) is 27.3. The highest BCUT2D eigenvalue weighted by Gasteiger charge is 2.41. The van der Waals surface area contributed by atoms with Gasteiger partial charge in [-0.15, -0.1) is 24.0 Å². The van der Waals surface area contributed by atoms with Gasteiger partial charge in [0.15, 0.2) is 5.96 Å². The monoisotopic (exact) mass is 463 g/mol. The molecular formula is C21H26IN3O. The Bertz CT molecular complexity index is 772. The number of ether oxygens (including phenoxy) is 1. The minimum atomic E-state index is 0. The molecular weight excluding hydrogens is 437 g/mol. The van der Waals surface area contributed by atoms with E-state index in [9.17, 15) is 0 Å². The molecule has 0 amide bonds. The van der Waals surface area contributed by atoms with Crippen LogP contribution in [-0.2, 0) is 5.41 Å². The van der Waals surface area contributed by atoms with Crippen molar-refractivity contribution in [2.24, 2.45) is 10.7 Å². The molecule has 4 nitrogen and oxygen atoms in total. The fraction of sp³-hybridized carbons (Fsp3) is 0.381. The highest BCUT2D eigenvalue weighted by Crippen LogP contribution is 2.43. The molecule has 1 heterocycles. The Balaban J connectivity index is 0.00000196. The molecule has 138 valence electrons.